The summed E-state index contributed by atoms with van der Waals surface area (Å²) in [6.07, 6.45) is 5.14. The number of urea groups is 1. The van der Waals surface area contributed by atoms with Crippen LogP contribution in [0.25, 0.3) is 10.9 Å². The Kier molecular flexibility index (Phi) is 5.65. The summed E-state index contributed by atoms with van der Waals surface area (Å²) in [6, 6.07) is 13.4. The van der Waals surface area contributed by atoms with Crippen LogP contribution in [0.5, 0.6) is 0 Å². The van der Waals surface area contributed by atoms with Crippen LogP contribution in [0.4, 0.5) is 16.2 Å². The van der Waals surface area contributed by atoms with Gasteiger partial charge in [0.2, 0.25) is 0 Å². The van der Waals surface area contributed by atoms with Crippen LogP contribution < -0.4 is 15.1 Å². The number of carbonyl (C=O) groups excluding carboxylic acids is 2. The molecule has 1 saturated heterocycles. The highest BCUT2D eigenvalue weighted by Crippen LogP contribution is 2.35. The van der Waals surface area contributed by atoms with Crippen molar-refractivity contribution >= 4 is 34.1 Å². The zero-order chi connectivity index (χ0) is 23.9. The van der Waals surface area contributed by atoms with Crippen molar-refractivity contribution in [2.45, 2.75) is 31.7 Å². The molecule has 0 saturated carbocycles. The first kappa shape index (κ1) is 22.0. The van der Waals surface area contributed by atoms with Crippen LogP contribution in [0.15, 0.2) is 48.7 Å². The number of Topliss-reactive ketones (excluding diaryl/α,β-unsaturated/α-hetero) is 1. The van der Waals surface area contributed by atoms with Crippen molar-refractivity contribution in [2.24, 2.45) is 0 Å². The van der Waals surface area contributed by atoms with Crippen LogP contribution >= 0.6 is 0 Å². The fourth-order valence-corrected chi connectivity index (χ4v) is 5.71. The molecule has 6 rings (SSSR count). The number of likely N-dealkylation sites (N-methyl/N-ethyl adjacent to an activating group) is 1. The van der Waals surface area contributed by atoms with E-state index in [4.69, 9.17) is 0 Å². The third-order valence-electron chi connectivity index (χ3n) is 7.73. The van der Waals surface area contributed by atoms with Crippen LogP contribution in [0.1, 0.15) is 34.3 Å². The molecule has 2 amide bonds. The third kappa shape index (κ3) is 4.04. The van der Waals surface area contributed by atoms with Gasteiger partial charge in [0.1, 0.15) is 0 Å². The molecule has 0 radical (unpaired) electrons. The molecule has 3 heterocycles. The zero-order valence-corrected chi connectivity index (χ0v) is 20.2. The Morgan fingerprint density at radius 1 is 0.971 bits per heavy atom. The molecule has 180 valence electrons. The fraction of sp³-hybridized carbons (Fsp3) is 0.393. The number of ketones is 1. The SMILES string of the molecule is CN1CCN(c2ccnc3cc4c(cc23)N(C(=O)NC2CCc3ccccc3C2=O)CCC4)CC1. The summed E-state index contributed by atoms with van der Waals surface area (Å²) >= 11 is 0. The Balaban J connectivity index is 1.29. The Morgan fingerprint density at radius 3 is 2.66 bits per heavy atom. The van der Waals surface area contributed by atoms with Crippen LogP contribution in [-0.4, -0.2) is 67.5 Å². The van der Waals surface area contributed by atoms with E-state index in [2.05, 4.69) is 45.3 Å². The number of amides is 2. The van der Waals surface area contributed by atoms with E-state index in [1.165, 1.54) is 5.69 Å². The molecule has 35 heavy (non-hydrogen) atoms. The van der Waals surface area contributed by atoms with Crippen LogP contribution in [0.2, 0.25) is 0 Å². The molecular weight excluding hydrogens is 438 g/mol. The minimum absolute atomic E-state index is 0.0116. The van der Waals surface area contributed by atoms with Gasteiger partial charge in [-0.3, -0.25) is 14.7 Å². The van der Waals surface area contributed by atoms with Crippen molar-refractivity contribution in [2.75, 3.05) is 49.6 Å². The molecule has 1 aromatic heterocycles. The summed E-state index contributed by atoms with van der Waals surface area (Å²) < 4.78 is 0. The lowest BCUT2D eigenvalue weighted by atomic mass is 9.87. The van der Waals surface area contributed by atoms with E-state index in [0.717, 1.165) is 78.7 Å². The highest BCUT2D eigenvalue weighted by Gasteiger charge is 2.31. The van der Waals surface area contributed by atoms with Crippen molar-refractivity contribution in [3.05, 3.63) is 65.4 Å². The lowest BCUT2D eigenvalue weighted by molar-refractivity contribution is 0.0932. The minimum Gasteiger partial charge on any atom is -0.368 e. The van der Waals surface area contributed by atoms with Gasteiger partial charge in [-0.2, -0.15) is 0 Å². The number of pyridine rings is 1. The topological polar surface area (TPSA) is 68.8 Å². The monoisotopic (exact) mass is 469 g/mol. The van der Waals surface area contributed by atoms with Crippen molar-refractivity contribution in [3.63, 3.8) is 0 Å². The number of nitrogens with zero attached hydrogens (tertiary/aromatic N) is 4. The molecule has 7 heteroatoms. The van der Waals surface area contributed by atoms with Crippen molar-refractivity contribution in [3.8, 4) is 0 Å². The van der Waals surface area contributed by atoms with Gasteiger partial charge in [-0.1, -0.05) is 24.3 Å². The van der Waals surface area contributed by atoms with Crippen molar-refractivity contribution < 1.29 is 9.59 Å². The molecule has 0 bridgehead atoms. The van der Waals surface area contributed by atoms with Crippen molar-refractivity contribution in [1.29, 1.82) is 0 Å². The number of rotatable bonds is 2. The van der Waals surface area contributed by atoms with Crippen LogP contribution in [-0.2, 0) is 12.8 Å². The van der Waals surface area contributed by atoms with Crippen molar-refractivity contribution in [1.82, 2.24) is 15.2 Å². The molecule has 1 atom stereocenters. The summed E-state index contributed by atoms with van der Waals surface area (Å²) in [7, 11) is 2.16. The molecule has 0 spiro atoms. The second-order valence-corrected chi connectivity index (χ2v) is 9.94. The Morgan fingerprint density at radius 2 is 1.80 bits per heavy atom. The van der Waals surface area contributed by atoms with E-state index >= 15 is 0 Å². The maximum atomic E-state index is 13.5. The number of hydrogen-bond donors (Lipinski definition) is 1. The van der Waals surface area contributed by atoms with Gasteiger partial charge >= 0.3 is 6.03 Å². The van der Waals surface area contributed by atoms with E-state index in [1.807, 2.05) is 35.4 Å². The van der Waals surface area contributed by atoms with Gasteiger partial charge < -0.3 is 15.1 Å². The van der Waals surface area contributed by atoms with Crippen LogP contribution in [0.3, 0.4) is 0 Å². The number of anilines is 2. The molecule has 1 aliphatic carbocycles. The number of nitrogens with one attached hydrogen (secondary N) is 1. The number of hydrogen-bond acceptors (Lipinski definition) is 5. The number of benzene rings is 2. The predicted molar refractivity (Wildman–Crippen MR) is 139 cm³/mol. The summed E-state index contributed by atoms with van der Waals surface area (Å²) in [5.74, 6) is 0.0116. The summed E-state index contributed by atoms with van der Waals surface area (Å²) in [5.41, 5.74) is 6.03. The molecule has 7 nitrogen and oxygen atoms in total. The maximum absolute atomic E-state index is 13.5. The Labute approximate surface area is 205 Å². The molecule has 2 aromatic carbocycles. The zero-order valence-electron chi connectivity index (χ0n) is 20.2. The third-order valence-corrected chi connectivity index (χ3v) is 7.73. The molecule has 2 aliphatic heterocycles. The standard InChI is InChI=1S/C28H31N5O2/c1-31-13-15-32(16-14-31)25-10-11-29-24-17-20-6-4-12-33(26(20)18-22(24)25)28(35)30-23-9-8-19-5-2-3-7-21(19)27(23)34/h2-3,5,7,10-11,17-18,23H,4,6,8-9,12-16H2,1H3,(H,30,35). The quantitative estimate of drug-likeness (QED) is 0.621. The lowest BCUT2D eigenvalue weighted by Crippen LogP contribution is -2.50. The van der Waals surface area contributed by atoms with E-state index < -0.39 is 6.04 Å². The average molecular weight is 470 g/mol. The second-order valence-electron chi connectivity index (χ2n) is 9.94. The molecule has 3 aromatic rings. The van der Waals surface area contributed by atoms with Crippen LogP contribution in [0, 0.1) is 0 Å². The van der Waals surface area contributed by atoms with E-state index in [-0.39, 0.29) is 11.8 Å². The lowest BCUT2D eigenvalue weighted by Gasteiger charge is -2.35. The highest BCUT2D eigenvalue weighted by atomic mass is 16.2. The van der Waals surface area contributed by atoms with Gasteiger partial charge in [-0.05, 0) is 62.1 Å². The summed E-state index contributed by atoms with van der Waals surface area (Å²) in [4.78, 5) is 37.8. The number of fused-ring (bicyclic) bond motifs is 3. The first-order chi connectivity index (χ1) is 17.1. The van der Waals surface area contributed by atoms with Gasteiger partial charge in [0.25, 0.3) is 0 Å². The normalized spacial score (nSPS) is 20.5. The minimum atomic E-state index is -0.481. The van der Waals surface area contributed by atoms with E-state index in [0.29, 0.717) is 13.0 Å². The Hall–Kier alpha value is -3.45. The largest absolute Gasteiger partial charge is 0.368 e. The molecule has 1 fully saturated rings. The maximum Gasteiger partial charge on any atom is 0.322 e. The van der Waals surface area contributed by atoms with Gasteiger partial charge in [0.15, 0.2) is 5.78 Å². The number of aromatic nitrogens is 1. The average Bonchev–Trinajstić information content (AvgIpc) is 2.89. The first-order valence-electron chi connectivity index (χ1n) is 12.6. The highest BCUT2D eigenvalue weighted by molar-refractivity contribution is 6.06. The molecule has 3 aliphatic rings. The fourth-order valence-electron chi connectivity index (χ4n) is 5.71. The molecule has 1 unspecified atom stereocenters. The number of piperazine rings is 1. The summed E-state index contributed by atoms with van der Waals surface area (Å²) in [6.45, 7) is 4.65. The van der Waals surface area contributed by atoms with Gasteiger partial charge in [0, 0.05) is 61.2 Å². The van der Waals surface area contributed by atoms with Gasteiger partial charge in [-0.25, -0.2) is 4.79 Å². The van der Waals surface area contributed by atoms with E-state index in [1.54, 1.807) is 0 Å². The summed E-state index contributed by atoms with van der Waals surface area (Å²) in [5, 5.41) is 4.14. The van der Waals surface area contributed by atoms with E-state index in [9.17, 15) is 9.59 Å². The molecule has 1 N–H and O–H groups in total. The first-order valence-corrected chi connectivity index (χ1v) is 12.6. The molecular formula is C28H31N5O2. The Bertz CT molecular complexity index is 1300. The second kappa shape index (κ2) is 8.96. The van der Waals surface area contributed by atoms with Gasteiger partial charge in [-0.15, -0.1) is 0 Å². The smallest absolute Gasteiger partial charge is 0.322 e. The number of carbonyl (C=O) groups is 2. The number of aryl methyl sites for hydroxylation is 2. The van der Waals surface area contributed by atoms with Gasteiger partial charge in [0.05, 0.1) is 11.6 Å². The predicted octanol–water partition coefficient (Wildman–Crippen LogP) is 3.65.